The summed E-state index contributed by atoms with van der Waals surface area (Å²) in [6, 6.07) is 20.7. The van der Waals surface area contributed by atoms with Crippen molar-refractivity contribution >= 4 is 0 Å². The van der Waals surface area contributed by atoms with E-state index in [1.807, 2.05) is 42.6 Å². The number of pyridine rings is 1. The largest absolute Gasteiger partial charge is 0.256 e. The Morgan fingerprint density at radius 2 is 1.86 bits per heavy atom. The number of hydrogen-bond donors (Lipinski definition) is 0. The molecule has 0 bridgehead atoms. The fraction of sp³-hybridized carbons (Fsp3) is 0.222. The van der Waals surface area contributed by atoms with Gasteiger partial charge in [0.15, 0.2) is 0 Å². The third kappa shape index (κ3) is 5.90. The first-order valence-electron chi connectivity index (χ1n) is 10.1. The lowest BCUT2D eigenvalue weighted by Crippen LogP contribution is -1.92. The second-order valence-corrected chi connectivity index (χ2v) is 7.13. The molecule has 1 unspecified atom stereocenters. The zero-order chi connectivity index (χ0) is 20.5. The molecule has 2 aromatic carbocycles. The Morgan fingerprint density at radius 3 is 2.55 bits per heavy atom. The summed E-state index contributed by atoms with van der Waals surface area (Å²) in [5, 5.41) is 0. The lowest BCUT2D eigenvalue weighted by atomic mass is 9.95. The van der Waals surface area contributed by atoms with E-state index in [1.165, 1.54) is 5.56 Å². The van der Waals surface area contributed by atoms with Gasteiger partial charge in [-0.2, -0.15) is 0 Å². The summed E-state index contributed by atoms with van der Waals surface area (Å²) in [5.74, 6) is 6.30. The highest BCUT2D eigenvalue weighted by Crippen LogP contribution is 2.28. The lowest BCUT2D eigenvalue weighted by molar-refractivity contribution is 0.336. The van der Waals surface area contributed by atoms with Crippen molar-refractivity contribution in [3.05, 3.63) is 90.6 Å². The third-order valence-electron chi connectivity index (χ3n) is 4.76. The Hall–Kier alpha value is -3.18. The van der Waals surface area contributed by atoms with Crippen LogP contribution in [0, 0.1) is 11.8 Å². The molecule has 0 aliphatic carbocycles. The topological polar surface area (TPSA) is 12.9 Å². The average Bonchev–Trinajstić information content (AvgIpc) is 2.74. The van der Waals surface area contributed by atoms with Gasteiger partial charge < -0.3 is 0 Å². The Labute approximate surface area is 173 Å². The van der Waals surface area contributed by atoms with Gasteiger partial charge in [-0.05, 0) is 67.1 Å². The van der Waals surface area contributed by atoms with E-state index in [2.05, 4.69) is 53.7 Å². The summed E-state index contributed by atoms with van der Waals surface area (Å²) in [7, 11) is 0. The molecule has 1 atom stereocenters. The number of nitrogens with zero attached hydrogens (tertiary/aromatic N) is 1. The molecule has 3 rings (SSSR count). The van der Waals surface area contributed by atoms with E-state index in [4.69, 9.17) is 0 Å². The highest BCUT2D eigenvalue weighted by molar-refractivity contribution is 5.72. The van der Waals surface area contributed by atoms with Gasteiger partial charge in [-0.25, -0.2) is 4.39 Å². The summed E-state index contributed by atoms with van der Waals surface area (Å²) < 4.78 is 12.8. The fourth-order valence-electron chi connectivity index (χ4n) is 3.25. The first-order chi connectivity index (χ1) is 14.2. The Morgan fingerprint density at radius 1 is 1.07 bits per heavy atom. The number of aromatic nitrogens is 1. The number of benzene rings is 2. The van der Waals surface area contributed by atoms with Crippen LogP contribution in [0.2, 0.25) is 0 Å². The van der Waals surface area contributed by atoms with E-state index < -0.39 is 6.17 Å². The molecule has 0 amide bonds. The molecule has 1 nitrogen and oxygen atoms in total. The van der Waals surface area contributed by atoms with Gasteiger partial charge >= 0.3 is 0 Å². The molecular formula is C27H26FN. The molecule has 0 N–H and O–H groups in total. The fourth-order valence-corrected chi connectivity index (χ4v) is 3.25. The van der Waals surface area contributed by atoms with Gasteiger partial charge in [0.1, 0.15) is 0 Å². The van der Waals surface area contributed by atoms with Gasteiger partial charge in [0.2, 0.25) is 0 Å². The van der Waals surface area contributed by atoms with Crippen LogP contribution in [-0.4, -0.2) is 11.2 Å². The average molecular weight is 384 g/mol. The second kappa shape index (κ2) is 10.4. The van der Waals surface area contributed by atoms with Gasteiger partial charge in [0.05, 0.1) is 11.9 Å². The molecule has 146 valence electrons. The Balaban J connectivity index is 1.77. The summed E-state index contributed by atoms with van der Waals surface area (Å²) in [6.07, 6.45) is 5.90. The van der Waals surface area contributed by atoms with Crippen LogP contribution in [0.4, 0.5) is 4.39 Å². The van der Waals surface area contributed by atoms with Crippen molar-refractivity contribution < 1.29 is 4.39 Å². The van der Waals surface area contributed by atoms with E-state index >= 15 is 0 Å². The molecule has 0 saturated heterocycles. The summed E-state index contributed by atoms with van der Waals surface area (Å²) in [6.45, 7) is 5.49. The van der Waals surface area contributed by atoms with E-state index in [0.717, 1.165) is 47.2 Å². The molecular weight excluding hydrogens is 357 g/mol. The zero-order valence-corrected chi connectivity index (χ0v) is 16.9. The number of allylic oxidation sites excluding steroid dienone is 1. The van der Waals surface area contributed by atoms with Gasteiger partial charge in [-0.3, -0.25) is 4.98 Å². The summed E-state index contributed by atoms with van der Waals surface area (Å²) in [5.41, 5.74) is 6.63. The number of halogens is 1. The van der Waals surface area contributed by atoms with Crippen LogP contribution >= 0.6 is 0 Å². The number of alkyl halides is 1. The quantitative estimate of drug-likeness (QED) is 0.243. The van der Waals surface area contributed by atoms with Crippen molar-refractivity contribution in [3.63, 3.8) is 0 Å². The van der Waals surface area contributed by atoms with Crippen molar-refractivity contribution in [2.75, 3.05) is 0 Å². The normalized spacial score (nSPS) is 11.4. The Bertz CT molecular complexity index is 992. The predicted octanol–water partition coefficient (Wildman–Crippen LogP) is 7.02. The van der Waals surface area contributed by atoms with Gasteiger partial charge in [0, 0.05) is 23.7 Å². The minimum Gasteiger partial charge on any atom is -0.256 e. The maximum Gasteiger partial charge on any atom is 0.0973 e. The first-order valence-corrected chi connectivity index (χ1v) is 10.1. The highest BCUT2D eigenvalue weighted by atomic mass is 19.1. The molecule has 1 aromatic heterocycles. The molecule has 29 heavy (non-hydrogen) atoms. The van der Waals surface area contributed by atoms with Crippen LogP contribution in [0.5, 0.6) is 0 Å². The number of hydrogen-bond acceptors (Lipinski definition) is 1. The van der Waals surface area contributed by atoms with Gasteiger partial charge in [0.25, 0.3) is 0 Å². The molecule has 0 aliphatic heterocycles. The molecule has 0 saturated carbocycles. The van der Waals surface area contributed by atoms with E-state index in [9.17, 15) is 4.39 Å². The summed E-state index contributed by atoms with van der Waals surface area (Å²) >= 11 is 0. The van der Waals surface area contributed by atoms with Crippen LogP contribution in [0.15, 0.2) is 79.5 Å². The van der Waals surface area contributed by atoms with Crippen molar-refractivity contribution in [2.24, 2.45) is 0 Å². The molecule has 3 aromatic rings. The third-order valence-corrected chi connectivity index (χ3v) is 4.76. The van der Waals surface area contributed by atoms with Crippen LogP contribution in [0.1, 0.15) is 37.3 Å². The summed E-state index contributed by atoms with van der Waals surface area (Å²) in [4.78, 5) is 4.49. The molecule has 0 radical (unpaired) electrons. The lowest BCUT2D eigenvalue weighted by Gasteiger charge is -2.11. The second-order valence-electron chi connectivity index (χ2n) is 7.13. The Kier molecular flexibility index (Phi) is 7.36. The molecule has 0 fully saturated rings. The van der Waals surface area contributed by atoms with Crippen molar-refractivity contribution in [1.29, 1.82) is 0 Å². The molecule has 2 heteroatoms. The minimum atomic E-state index is -0.744. The van der Waals surface area contributed by atoms with E-state index in [1.54, 1.807) is 6.92 Å². The number of rotatable bonds is 7. The standard InChI is InChI=1S/C27H26FN/c1-3-9-25-20-24(17-18-26(25)27-12-7-8-19-29-27)23-15-13-22(14-16-23)11-6-4-5-10-21(2)28/h3,7-8,12-21H,1,4-5,9-10H2,2H3. The first kappa shape index (κ1) is 20.6. The van der Waals surface area contributed by atoms with E-state index in [-0.39, 0.29) is 0 Å². The van der Waals surface area contributed by atoms with Crippen LogP contribution in [0.25, 0.3) is 22.4 Å². The monoisotopic (exact) mass is 383 g/mol. The van der Waals surface area contributed by atoms with Gasteiger partial charge in [-0.1, -0.05) is 54.3 Å². The van der Waals surface area contributed by atoms with Crippen LogP contribution < -0.4 is 0 Å². The highest BCUT2D eigenvalue weighted by Gasteiger charge is 2.08. The molecule has 0 spiro atoms. The SMILES string of the molecule is C=CCc1cc(-c2ccc(C#CCCCC(C)F)cc2)ccc1-c1ccccn1. The molecule has 0 aliphatic rings. The van der Waals surface area contributed by atoms with Crippen LogP contribution in [-0.2, 0) is 6.42 Å². The van der Waals surface area contributed by atoms with Gasteiger partial charge in [-0.15, -0.1) is 6.58 Å². The predicted molar refractivity (Wildman–Crippen MR) is 120 cm³/mol. The van der Waals surface area contributed by atoms with Crippen molar-refractivity contribution in [2.45, 2.75) is 38.8 Å². The van der Waals surface area contributed by atoms with Crippen molar-refractivity contribution in [3.8, 4) is 34.2 Å². The molecule has 1 heterocycles. The maximum atomic E-state index is 12.8. The zero-order valence-electron chi connectivity index (χ0n) is 16.9. The van der Waals surface area contributed by atoms with E-state index in [0.29, 0.717) is 6.42 Å². The minimum absolute atomic E-state index is 0.579. The van der Waals surface area contributed by atoms with Crippen molar-refractivity contribution in [1.82, 2.24) is 4.98 Å². The number of unbranched alkanes of at least 4 members (excludes halogenated alkanes) is 1. The maximum absolute atomic E-state index is 12.8. The smallest absolute Gasteiger partial charge is 0.0973 e. The van der Waals surface area contributed by atoms with Crippen LogP contribution in [0.3, 0.4) is 0 Å².